The van der Waals surface area contributed by atoms with Gasteiger partial charge in [0.1, 0.15) is 5.82 Å². The molecule has 112 valence electrons. The molecule has 1 aromatic carbocycles. The van der Waals surface area contributed by atoms with Gasteiger partial charge in [0.25, 0.3) is 0 Å². The SMILES string of the molecule is CCNCc1cc(F)ccc1N1CC(C)N(C)C(C)C1. The molecule has 0 radical (unpaired) electrons. The van der Waals surface area contributed by atoms with Gasteiger partial charge in [-0.1, -0.05) is 6.92 Å². The minimum absolute atomic E-state index is 0.156. The Morgan fingerprint density at radius 3 is 2.50 bits per heavy atom. The number of nitrogens with one attached hydrogen (secondary N) is 1. The van der Waals surface area contributed by atoms with Crippen LogP contribution in [-0.2, 0) is 6.54 Å². The highest BCUT2D eigenvalue weighted by atomic mass is 19.1. The highest BCUT2D eigenvalue weighted by Gasteiger charge is 2.27. The second-order valence-corrected chi connectivity index (χ2v) is 5.82. The van der Waals surface area contributed by atoms with E-state index >= 15 is 0 Å². The molecule has 1 fully saturated rings. The van der Waals surface area contributed by atoms with Gasteiger partial charge in [-0.15, -0.1) is 0 Å². The Kier molecular flexibility index (Phi) is 5.00. The van der Waals surface area contributed by atoms with E-state index in [2.05, 4.69) is 42.9 Å². The fraction of sp³-hybridized carbons (Fsp3) is 0.625. The minimum atomic E-state index is -0.156. The molecule has 4 heteroatoms. The van der Waals surface area contributed by atoms with Crippen molar-refractivity contribution >= 4 is 5.69 Å². The van der Waals surface area contributed by atoms with Gasteiger partial charge in [-0.25, -0.2) is 4.39 Å². The molecule has 0 aromatic heterocycles. The van der Waals surface area contributed by atoms with Crippen LogP contribution in [0.25, 0.3) is 0 Å². The number of hydrogen-bond acceptors (Lipinski definition) is 3. The van der Waals surface area contributed by atoms with Crippen molar-refractivity contribution in [2.24, 2.45) is 0 Å². The topological polar surface area (TPSA) is 18.5 Å². The fourth-order valence-corrected chi connectivity index (χ4v) is 2.86. The maximum absolute atomic E-state index is 13.5. The number of likely N-dealkylation sites (N-methyl/N-ethyl adjacent to an activating group) is 1. The van der Waals surface area contributed by atoms with Gasteiger partial charge in [-0.05, 0) is 51.2 Å². The molecule has 3 nitrogen and oxygen atoms in total. The predicted molar refractivity (Wildman–Crippen MR) is 82.7 cm³/mol. The van der Waals surface area contributed by atoms with Gasteiger partial charge in [0.05, 0.1) is 0 Å². The smallest absolute Gasteiger partial charge is 0.123 e. The van der Waals surface area contributed by atoms with Crippen molar-refractivity contribution < 1.29 is 4.39 Å². The van der Waals surface area contributed by atoms with E-state index in [1.165, 1.54) is 5.69 Å². The average Bonchev–Trinajstić information content (AvgIpc) is 2.42. The van der Waals surface area contributed by atoms with E-state index in [-0.39, 0.29) is 5.82 Å². The van der Waals surface area contributed by atoms with Crippen molar-refractivity contribution in [2.75, 3.05) is 31.6 Å². The van der Waals surface area contributed by atoms with Gasteiger partial charge in [-0.3, -0.25) is 4.90 Å². The molecule has 0 bridgehead atoms. The Balaban J connectivity index is 2.23. The zero-order valence-corrected chi connectivity index (χ0v) is 13.0. The second-order valence-electron chi connectivity index (χ2n) is 5.82. The van der Waals surface area contributed by atoms with Crippen LogP contribution in [0, 0.1) is 5.82 Å². The van der Waals surface area contributed by atoms with Crippen LogP contribution in [0.2, 0.25) is 0 Å². The van der Waals surface area contributed by atoms with Gasteiger partial charge in [0.2, 0.25) is 0 Å². The van der Waals surface area contributed by atoms with Crippen LogP contribution in [0.1, 0.15) is 26.3 Å². The van der Waals surface area contributed by atoms with Crippen molar-refractivity contribution in [3.05, 3.63) is 29.6 Å². The van der Waals surface area contributed by atoms with Crippen molar-refractivity contribution in [1.29, 1.82) is 0 Å². The summed E-state index contributed by atoms with van der Waals surface area (Å²) in [5, 5.41) is 3.30. The summed E-state index contributed by atoms with van der Waals surface area (Å²) in [6.07, 6.45) is 0. The van der Waals surface area contributed by atoms with E-state index in [4.69, 9.17) is 0 Å². The van der Waals surface area contributed by atoms with Crippen LogP contribution in [0.3, 0.4) is 0 Å². The van der Waals surface area contributed by atoms with Gasteiger partial charge >= 0.3 is 0 Å². The zero-order chi connectivity index (χ0) is 14.7. The third-order valence-electron chi connectivity index (χ3n) is 4.31. The highest BCUT2D eigenvalue weighted by molar-refractivity contribution is 5.54. The normalized spacial score (nSPS) is 24.1. The number of hydrogen-bond donors (Lipinski definition) is 1. The van der Waals surface area contributed by atoms with Crippen molar-refractivity contribution in [1.82, 2.24) is 10.2 Å². The first kappa shape index (κ1) is 15.3. The monoisotopic (exact) mass is 279 g/mol. The Bertz CT molecular complexity index is 437. The molecule has 20 heavy (non-hydrogen) atoms. The number of piperazine rings is 1. The lowest BCUT2D eigenvalue weighted by atomic mass is 10.1. The van der Waals surface area contributed by atoms with Crippen LogP contribution in [0.4, 0.5) is 10.1 Å². The molecule has 0 spiro atoms. The minimum Gasteiger partial charge on any atom is -0.368 e. The predicted octanol–water partition coefficient (Wildman–Crippen LogP) is 2.46. The first-order valence-corrected chi connectivity index (χ1v) is 7.49. The van der Waals surface area contributed by atoms with Crippen molar-refractivity contribution in [3.8, 4) is 0 Å². The summed E-state index contributed by atoms with van der Waals surface area (Å²) in [5.41, 5.74) is 2.22. The fourth-order valence-electron chi connectivity index (χ4n) is 2.86. The molecule has 1 aliphatic heterocycles. The summed E-state index contributed by atoms with van der Waals surface area (Å²) in [4.78, 5) is 4.80. The number of halogens is 1. The molecular formula is C16H26FN3. The van der Waals surface area contributed by atoms with Gasteiger partial charge in [0.15, 0.2) is 0 Å². The van der Waals surface area contributed by atoms with E-state index in [1.54, 1.807) is 12.1 Å². The molecule has 2 rings (SSSR count). The van der Waals surface area contributed by atoms with Crippen molar-refractivity contribution in [2.45, 2.75) is 39.4 Å². The molecule has 0 amide bonds. The average molecular weight is 279 g/mol. The standard InChI is InChI=1S/C16H26FN3/c1-5-18-9-14-8-15(17)6-7-16(14)20-10-12(2)19(4)13(3)11-20/h6-8,12-13,18H,5,9-11H2,1-4H3. The van der Waals surface area contributed by atoms with Gasteiger partial charge in [0, 0.05) is 37.4 Å². The van der Waals surface area contributed by atoms with E-state index in [0.717, 1.165) is 31.7 Å². The number of nitrogens with zero attached hydrogens (tertiary/aromatic N) is 2. The zero-order valence-electron chi connectivity index (χ0n) is 13.0. The maximum atomic E-state index is 13.5. The lowest BCUT2D eigenvalue weighted by Gasteiger charge is -2.44. The second kappa shape index (κ2) is 6.55. The lowest BCUT2D eigenvalue weighted by Crippen LogP contribution is -2.55. The first-order chi connectivity index (χ1) is 9.52. The van der Waals surface area contributed by atoms with Crippen LogP contribution < -0.4 is 10.2 Å². The largest absolute Gasteiger partial charge is 0.368 e. The maximum Gasteiger partial charge on any atom is 0.123 e. The molecule has 0 saturated carbocycles. The van der Waals surface area contributed by atoms with Crippen LogP contribution in [-0.4, -0.2) is 43.7 Å². The molecule has 1 aliphatic rings. The summed E-state index contributed by atoms with van der Waals surface area (Å²) < 4.78 is 13.5. The Labute approximate surface area is 121 Å². The molecule has 1 saturated heterocycles. The molecule has 1 N–H and O–H groups in total. The summed E-state index contributed by atoms with van der Waals surface area (Å²) >= 11 is 0. The van der Waals surface area contributed by atoms with E-state index in [0.29, 0.717) is 12.1 Å². The van der Waals surface area contributed by atoms with Crippen LogP contribution in [0.15, 0.2) is 18.2 Å². The quantitative estimate of drug-likeness (QED) is 0.913. The summed E-state index contributed by atoms with van der Waals surface area (Å²) in [5.74, 6) is -0.156. The molecule has 2 atom stereocenters. The molecule has 1 aromatic rings. The van der Waals surface area contributed by atoms with E-state index in [1.807, 2.05) is 6.07 Å². The molecule has 0 aliphatic carbocycles. The van der Waals surface area contributed by atoms with Crippen LogP contribution >= 0.6 is 0 Å². The van der Waals surface area contributed by atoms with Crippen LogP contribution in [0.5, 0.6) is 0 Å². The number of anilines is 1. The van der Waals surface area contributed by atoms with Crippen molar-refractivity contribution in [3.63, 3.8) is 0 Å². The molecular weight excluding hydrogens is 253 g/mol. The van der Waals surface area contributed by atoms with Gasteiger partial charge in [-0.2, -0.15) is 0 Å². The Hall–Kier alpha value is -1.13. The highest BCUT2D eigenvalue weighted by Crippen LogP contribution is 2.26. The molecule has 1 heterocycles. The van der Waals surface area contributed by atoms with E-state index in [9.17, 15) is 4.39 Å². The lowest BCUT2D eigenvalue weighted by molar-refractivity contribution is 0.170. The third kappa shape index (κ3) is 3.30. The number of rotatable bonds is 4. The first-order valence-electron chi connectivity index (χ1n) is 7.49. The Morgan fingerprint density at radius 1 is 1.25 bits per heavy atom. The summed E-state index contributed by atoms with van der Waals surface area (Å²) in [6.45, 7) is 10.2. The van der Waals surface area contributed by atoms with E-state index < -0.39 is 0 Å². The Morgan fingerprint density at radius 2 is 1.90 bits per heavy atom. The summed E-state index contributed by atoms with van der Waals surface area (Å²) in [6, 6.07) is 6.17. The third-order valence-corrected chi connectivity index (χ3v) is 4.31. The van der Waals surface area contributed by atoms with Gasteiger partial charge < -0.3 is 10.2 Å². The number of benzene rings is 1. The summed E-state index contributed by atoms with van der Waals surface area (Å²) in [7, 11) is 2.18. The molecule has 2 unspecified atom stereocenters.